The lowest BCUT2D eigenvalue weighted by atomic mass is 9.78. The number of carboxylic acids is 1. The average molecular weight is 559 g/mol. The van der Waals surface area contributed by atoms with Crippen LogP contribution in [-0.2, 0) is 24.0 Å². The number of nitrogens with two attached hydrogens (primary N) is 1. The summed E-state index contributed by atoms with van der Waals surface area (Å²) in [7, 11) is 1.50. The zero-order valence-electron chi connectivity index (χ0n) is 21.1. The van der Waals surface area contributed by atoms with Gasteiger partial charge in [-0.1, -0.05) is 6.92 Å². The molecule has 0 aliphatic carbocycles. The van der Waals surface area contributed by atoms with E-state index in [1.165, 1.54) is 35.5 Å². The highest BCUT2D eigenvalue weighted by Crippen LogP contribution is 2.52. The van der Waals surface area contributed by atoms with Crippen molar-refractivity contribution in [3.05, 3.63) is 10.6 Å². The SMILES string of the molecule is CNC(=O)[C@@H]1C[C@H](N)CN1C(=O)[C@@H]1C[C@H](SC2=C(C(=O)O)N3C(=O)[C@H]([C@@H](C)NC(=O)C(F)F)[C@H]3[C@H]2C)CN1. The largest absolute Gasteiger partial charge is 0.477 e. The molecule has 0 saturated carbocycles. The first-order valence-electron chi connectivity index (χ1n) is 12.4. The molecule has 0 radical (unpaired) electrons. The van der Waals surface area contributed by atoms with Gasteiger partial charge >= 0.3 is 12.4 Å². The lowest BCUT2D eigenvalue weighted by molar-refractivity contribution is -0.159. The number of rotatable bonds is 8. The number of carbonyl (C=O) groups excluding carboxylic acids is 4. The van der Waals surface area contributed by atoms with E-state index in [0.29, 0.717) is 24.3 Å². The van der Waals surface area contributed by atoms with Crippen LogP contribution in [0.2, 0.25) is 0 Å². The Morgan fingerprint density at radius 1 is 1.24 bits per heavy atom. The maximum Gasteiger partial charge on any atom is 0.353 e. The Bertz CT molecular complexity index is 1070. The number of nitrogens with zero attached hydrogens (tertiary/aromatic N) is 2. The van der Waals surface area contributed by atoms with Crippen molar-refractivity contribution in [3.63, 3.8) is 0 Å². The Hall–Kier alpha value is -2.78. The van der Waals surface area contributed by atoms with Crippen molar-refractivity contribution in [2.75, 3.05) is 20.1 Å². The minimum absolute atomic E-state index is 0.152. The van der Waals surface area contributed by atoms with E-state index < -0.39 is 60.2 Å². The van der Waals surface area contributed by atoms with Crippen molar-refractivity contribution in [2.24, 2.45) is 17.6 Å². The lowest BCUT2D eigenvalue weighted by Crippen LogP contribution is -2.66. The van der Waals surface area contributed by atoms with Crippen LogP contribution in [0.1, 0.15) is 26.7 Å². The molecule has 0 bridgehead atoms. The van der Waals surface area contributed by atoms with Gasteiger partial charge in [0, 0.05) is 48.3 Å². The molecular formula is C23H32F2N6O6S. The molecular weight excluding hydrogens is 526 g/mol. The molecule has 4 aliphatic heterocycles. The normalized spacial score (nSPS) is 33.3. The first-order valence-corrected chi connectivity index (χ1v) is 13.3. The second-order valence-electron chi connectivity index (χ2n) is 10.2. The van der Waals surface area contributed by atoms with Gasteiger partial charge in [0.15, 0.2) is 0 Å². The van der Waals surface area contributed by atoms with Crippen LogP contribution < -0.4 is 21.7 Å². The molecule has 4 heterocycles. The highest BCUT2D eigenvalue weighted by Gasteiger charge is 2.60. The van der Waals surface area contributed by atoms with Crippen LogP contribution in [0.3, 0.4) is 0 Å². The highest BCUT2D eigenvalue weighted by molar-refractivity contribution is 8.03. The number of hydrogen-bond donors (Lipinski definition) is 5. The van der Waals surface area contributed by atoms with Crippen LogP contribution >= 0.6 is 11.8 Å². The minimum atomic E-state index is -3.22. The molecule has 3 saturated heterocycles. The van der Waals surface area contributed by atoms with Crippen LogP contribution in [-0.4, -0.2) is 107 Å². The van der Waals surface area contributed by atoms with Crippen molar-refractivity contribution in [1.29, 1.82) is 0 Å². The van der Waals surface area contributed by atoms with Gasteiger partial charge in [-0.15, -0.1) is 11.8 Å². The van der Waals surface area contributed by atoms with Gasteiger partial charge < -0.3 is 36.6 Å². The summed E-state index contributed by atoms with van der Waals surface area (Å²) in [6, 6.07) is -3.02. The molecule has 3 fully saturated rings. The van der Waals surface area contributed by atoms with Gasteiger partial charge in [0.05, 0.1) is 18.0 Å². The number of halogens is 2. The smallest absolute Gasteiger partial charge is 0.353 e. The Labute approximate surface area is 222 Å². The van der Waals surface area contributed by atoms with Crippen molar-refractivity contribution >= 4 is 41.4 Å². The van der Waals surface area contributed by atoms with E-state index in [1.807, 2.05) is 0 Å². The van der Waals surface area contributed by atoms with E-state index in [9.17, 15) is 37.9 Å². The van der Waals surface area contributed by atoms with Crippen LogP contribution in [0.4, 0.5) is 8.78 Å². The number of thioether (sulfide) groups is 1. The van der Waals surface area contributed by atoms with Gasteiger partial charge in [0.2, 0.25) is 17.7 Å². The molecule has 0 aromatic rings. The monoisotopic (exact) mass is 558 g/mol. The summed E-state index contributed by atoms with van der Waals surface area (Å²) in [5.41, 5.74) is 5.85. The predicted octanol–water partition coefficient (Wildman–Crippen LogP) is -1.33. The standard InChI is InChI=1S/C23H32F2N6O6S/c1-8-15-14(9(2)29-20(33)18(24)25)22(35)31(15)16(23(36)37)17(8)38-11-5-12(28-6-11)21(34)30-7-10(26)4-13(30)19(32)27-3/h8-15,18,28H,4-7,26H2,1-3H3,(H,27,32)(H,29,33)(H,36,37)/t8-,9-,10+,11+,12+,13+,14-,15-/m1/s1. The molecule has 0 aromatic carbocycles. The summed E-state index contributed by atoms with van der Waals surface area (Å²) >= 11 is 1.28. The number of β-lactam (4-membered cyclic amide) rings is 1. The van der Waals surface area contributed by atoms with E-state index in [-0.39, 0.29) is 35.3 Å². The molecule has 0 spiro atoms. The summed E-state index contributed by atoms with van der Waals surface area (Å²) in [6.07, 6.45) is -2.48. The number of aliphatic carboxylic acids is 1. The van der Waals surface area contributed by atoms with Crippen molar-refractivity contribution < 1.29 is 37.9 Å². The van der Waals surface area contributed by atoms with Crippen molar-refractivity contribution in [2.45, 2.75) is 68.6 Å². The van der Waals surface area contributed by atoms with E-state index in [0.717, 1.165) is 0 Å². The molecule has 4 rings (SSSR count). The molecule has 4 aliphatic rings. The molecule has 210 valence electrons. The first-order chi connectivity index (χ1) is 17.9. The van der Waals surface area contributed by atoms with E-state index in [4.69, 9.17) is 5.73 Å². The van der Waals surface area contributed by atoms with Gasteiger partial charge in [0.1, 0.15) is 11.7 Å². The third kappa shape index (κ3) is 4.86. The molecule has 6 N–H and O–H groups in total. The molecule has 12 nitrogen and oxygen atoms in total. The lowest BCUT2D eigenvalue weighted by Gasteiger charge is -2.47. The predicted molar refractivity (Wildman–Crippen MR) is 132 cm³/mol. The zero-order valence-corrected chi connectivity index (χ0v) is 22.0. The Balaban J connectivity index is 1.45. The van der Waals surface area contributed by atoms with Crippen LogP contribution in [0, 0.1) is 11.8 Å². The number of carboxylic acid groups (broad SMARTS) is 1. The Morgan fingerprint density at radius 2 is 1.92 bits per heavy atom. The Kier molecular flexibility index (Phi) is 8.00. The van der Waals surface area contributed by atoms with Gasteiger partial charge in [-0.2, -0.15) is 8.78 Å². The summed E-state index contributed by atoms with van der Waals surface area (Å²) < 4.78 is 25.4. The number of nitrogens with one attached hydrogen (secondary N) is 3. The van der Waals surface area contributed by atoms with Gasteiger partial charge in [-0.3, -0.25) is 19.2 Å². The molecule has 0 unspecified atom stereocenters. The number of alkyl halides is 2. The second-order valence-corrected chi connectivity index (χ2v) is 11.5. The summed E-state index contributed by atoms with van der Waals surface area (Å²) in [5.74, 6) is -5.09. The number of amides is 4. The van der Waals surface area contributed by atoms with Crippen molar-refractivity contribution in [3.8, 4) is 0 Å². The number of hydrogen-bond acceptors (Lipinski definition) is 8. The fourth-order valence-corrected chi connectivity index (χ4v) is 7.44. The minimum Gasteiger partial charge on any atom is -0.477 e. The highest BCUT2D eigenvalue weighted by atomic mass is 32.2. The number of likely N-dealkylation sites (tertiary alicyclic amines) is 1. The third-order valence-electron chi connectivity index (χ3n) is 7.75. The molecule has 15 heteroatoms. The third-order valence-corrected chi connectivity index (χ3v) is 9.26. The zero-order chi connectivity index (χ0) is 28.0. The summed E-state index contributed by atoms with van der Waals surface area (Å²) in [4.78, 5) is 65.1. The van der Waals surface area contributed by atoms with Gasteiger partial charge in [-0.25, -0.2) is 4.79 Å². The summed E-state index contributed by atoms with van der Waals surface area (Å²) in [5, 5.41) is 17.6. The second kappa shape index (κ2) is 10.8. The first kappa shape index (κ1) is 28.2. The van der Waals surface area contributed by atoms with E-state index in [2.05, 4.69) is 16.0 Å². The van der Waals surface area contributed by atoms with Gasteiger partial charge in [0.25, 0.3) is 5.91 Å². The van der Waals surface area contributed by atoms with E-state index in [1.54, 1.807) is 6.92 Å². The van der Waals surface area contributed by atoms with Crippen LogP contribution in [0.15, 0.2) is 10.6 Å². The molecule has 4 amide bonds. The van der Waals surface area contributed by atoms with E-state index >= 15 is 0 Å². The number of fused-ring (bicyclic) bond motifs is 1. The topological polar surface area (TPSA) is 174 Å². The molecule has 0 aromatic heterocycles. The fraction of sp³-hybridized carbons (Fsp3) is 0.696. The maximum absolute atomic E-state index is 13.2. The maximum atomic E-state index is 13.2. The van der Waals surface area contributed by atoms with Crippen LogP contribution in [0.5, 0.6) is 0 Å². The van der Waals surface area contributed by atoms with Gasteiger partial charge in [-0.05, 0) is 19.8 Å². The Morgan fingerprint density at radius 3 is 2.53 bits per heavy atom. The quantitative estimate of drug-likeness (QED) is 0.226. The van der Waals surface area contributed by atoms with Crippen molar-refractivity contribution in [1.82, 2.24) is 25.8 Å². The molecule has 8 atom stereocenters. The molecule has 38 heavy (non-hydrogen) atoms. The fourth-order valence-electron chi connectivity index (χ4n) is 5.96. The number of likely N-dealkylation sites (N-methyl/N-ethyl adjacent to an activating group) is 1. The summed E-state index contributed by atoms with van der Waals surface area (Å²) in [6.45, 7) is 3.88. The number of carbonyl (C=O) groups is 5. The van der Waals surface area contributed by atoms with Crippen LogP contribution in [0.25, 0.3) is 0 Å². The average Bonchev–Trinajstić information content (AvgIpc) is 3.54.